The third-order valence-electron chi connectivity index (χ3n) is 4.24. The number of carbonyl (C=O) groups excluding carboxylic acids is 2. The number of alkyl halides is 3. The van der Waals surface area contributed by atoms with Gasteiger partial charge < -0.3 is 0 Å². The molecule has 1 aliphatic carbocycles. The number of aromatic nitrogens is 1. The number of hydrogen-bond acceptors (Lipinski definition) is 3. The molecule has 0 unspecified atom stereocenters. The third-order valence-corrected chi connectivity index (χ3v) is 4.24. The van der Waals surface area contributed by atoms with Crippen molar-refractivity contribution in [2.45, 2.75) is 26.4 Å². The van der Waals surface area contributed by atoms with Crippen LogP contribution in [0.1, 0.15) is 44.5 Å². The minimum Gasteiger partial charge on any atom is -0.289 e. The second kappa shape index (κ2) is 5.95. The van der Waals surface area contributed by atoms with Gasteiger partial charge in [0.15, 0.2) is 11.6 Å². The van der Waals surface area contributed by atoms with E-state index in [0.29, 0.717) is 22.4 Å². The van der Waals surface area contributed by atoms with E-state index in [9.17, 15) is 22.8 Å². The zero-order valence-electron chi connectivity index (χ0n) is 13.6. The second-order valence-corrected chi connectivity index (χ2v) is 6.02. The van der Waals surface area contributed by atoms with Crippen LogP contribution in [0, 0.1) is 6.92 Å². The van der Waals surface area contributed by atoms with Crippen molar-refractivity contribution < 1.29 is 22.8 Å². The molecule has 0 fully saturated rings. The summed E-state index contributed by atoms with van der Waals surface area (Å²) in [6.45, 7) is 3.38. The SMILES string of the molecule is CC1=C(Cc2ccc(C(F)(F)F)cn2)C(=O)c2cc(C)ccc2C1=O. The van der Waals surface area contributed by atoms with Gasteiger partial charge in [-0.3, -0.25) is 14.6 Å². The molecular weight excluding hydrogens is 331 g/mol. The lowest BCUT2D eigenvalue weighted by Crippen LogP contribution is -2.22. The van der Waals surface area contributed by atoms with E-state index in [1.807, 2.05) is 6.92 Å². The van der Waals surface area contributed by atoms with Crippen LogP contribution in [0.15, 0.2) is 47.7 Å². The van der Waals surface area contributed by atoms with E-state index in [2.05, 4.69) is 4.98 Å². The molecule has 1 aromatic carbocycles. The van der Waals surface area contributed by atoms with Crippen LogP contribution < -0.4 is 0 Å². The molecule has 1 aromatic heterocycles. The number of hydrogen-bond donors (Lipinski definition) is 0. The second-order valence-electron chi connectivity index (χ2n) is 6.02. The Kier molecular flexibility index (Phi) is 4.06. The van der Waals surface area contributed by atoms with Crippen molar-refractivity contribution in [1.82, 2.24) is 4.98 Å². The van der Waals surface area contributed by atoms with Gasteiger partial charge in [0.05, 0.1) is 5.56 Å². The van der Waals surface area contributed by atoms with Crippen LogP contribution in [-0.4, -0.2) is 16.6 Å². The number of fused-ring (bicyclic) bond motifs is 1. The predicted octanol–water partition coefficient (Wildman–Crippen LogP) is 4.35. The fraction of sp³-hybridized carbons (Fsp3) is 0.211. The fourth-order valence-electron chi connectivity index (χ4n) is 2.81. The lowest BCUT2D eigenvalue weighted by atomic mass is 9.82. The number of rotatable bonds is 2. The molecule has 0 radical (unpaired) electrons. The number of carbonyl (C=O) groups is 2. The normalized spacial score (nSPS) is 14.8. The summed E-state index contributed by atoms with van der Waals surface area (Å²) in [5, 5.41) is 0. The van der Waals surface area contributed by atoms with Crippen LogP contribution in [0.25, 0.3) is 0 Å². The predicted molar refractivity (Wildman–Crippen MR) is 85.5 cm³/mol. The van der Waals surface area contributed by atoms with Crippen molar-refractivity contribution in [3.63, 3.8) is 0 Å². The highest BCUT2D eigenvalue weighted by Gasteiger charge is 2.32. The van der Waals surface area contributed by atoms with E-state index in [-0.39, 0.29) is 23.6 Å². The van der Waals surface area contributed by atoms with E-state index in [4.69, 9.17) is 0 Å². The maximum absolute atomic E-state index is 12.7. The number of aryl methyl sites for hydroxylation is 1. The topological polar surface area (TPSA) is 47.0 Å². The highest BCUT2D eigenvalue weighted by molar-refractivity contribution is 6.26. The van der Waals surface area contributed by atoms with Crippen molar-refractivity contribution in [3.8, 4) is 0 Å². The van der Waals surface area contributed by atoms with Crippen molar-refractivity contribution in [3.05, 3.63) is 75.6 Å². The van der Waals surface area contributed by atoms with Gasteiger partial charge in [0, 0.05) is 40.6 Å². The van der Waals surface area contributed by atoms with Gasteiger partial charge in [-0.1, -0.05) is 17.7 Å². The summed E-state index contributed by atoms with van der Waals surface area (Å²) >= 11 is 0. The number of pyridine rings is 1. The average Bonchev–Trinajstić information content (AvgIpc) is 2.56. The molecule has 6 heteroatoms. The number of nitrogens with zero attached hydrogens (tertiary/aromatic N) is 1. The number of allylic oxidation sites excluding steroid dienone is 2. The molecule has 3 nitrogen and oxygen atoms in total. The fourth-order valence-corrected chi connectivity index (χ4v) is 2.81. The Morgan fingerprint density at radius 2 is 1.68 bits per heavy atom. The van der Waals surface area contributed by atoms with Gasteiger partial charge in [0.25, 0.3) is 0 Å². The minimum absolute atomic E-state index is 0.0158. The van der Waals surface area contributed by atoms with Gasteiger partial charge in [-0.25, -0.2) is 0 Å². The Balaban J connectivity index is 1.96. The Labute approximate surface area is 142 Å². The molecule has 0 aliphatic heterocycles. The van der Waals surface area contributed by atoms with E-state index >= 15 is 0 Å². The Morgan fingerprint density at radius 3 is 2.28 bits per heavy atom. The summed E-state index contributed by atoms with van der Waals surface area (Å²) < 4.78 is 37.8. The molecule has 0 N–H and O–H groups in total. The number of Topliss-reactive ketones (excluding diaryl/α,β-unsaturated/α-hetero) is 2. The highest BCUT2D eigenvalue weighted by Crippen LogP contribution is 2.30. The molecular formula is C19H14F3NO2. The molecule has 1 aliphatic rings. The minimum atomic E-state index is -4.46. The molecule has 2 aromatic rings. The van der Waals surface area contributed by atoms with Crippen LogP contribution in [-0.2, 0) is 12.6 Å². The van der Waals surface area contributed by atoms with E-state index in [1.165, 1.54) is 6.07 Å². The molecule has 128 valence electrons. The first kappa shape index (κ1) is 17.1. The quantitative estimate of drug-likeness (QED) is 0.813. The van der Waals surface area contributed by atoms with Crippen molar-refractivity contribution in [2.24, 2.45) is 0 Å². The molecule has 0 bridgehead atoms. The summed E-state index contributed by atoms with van der Waals surface area (Å²) in [5.41, 5.74) is 1.58. The molecule has 0 atom stereocenters. The maximum atomic E-state index is 12.7. The smallest absolute Gasteiger partial charge is 0.289 e. The van der Waals surface area contributed by atoms with Gasteiger partial charge in [0.1, 0.15) is 0 Å². The summed E-state index contributed by atoms with van der Waals surface area (Å²) in [6, 6.07) is 7.20. The zero-order valence-corrected chi connectivity index (χ0v) is 13.6. The molecule has 25 heavy (non-hydrogen) atoms. The molecule has 0 saturated carbocycles. The number of benzene rings is 1. The Bertz CT molecular complexity index is 909. The first-order chi connectivity index (χ1) is 11.7. The maximum Gasteiger partial charge on any atom is 0.417 e. The summed E-state index contributed by atoms with van der Waals surface area (Å²) in [5.74, 6) is -0.519. The van der Waals surface area contributed by atoms with Crippen LogP contribution in [0.3, 0.4) is 0 Å². The van der Waals surface area contributed by atoms with Gasteiger partial charge in [-0.2, -0.15) is 13.2 Å². The van der Waals surface area contributed by atoms with Crippen LogP contribution >= 0.6 is 0 Å². The molecule has 1 heterocycles. The lowest BCUT2D eigenvalue weighted by molar-refractivity contribution is -0.137. The molecule has 0 saturated heterocycles. The first-order valence-corrected chi connectivity index (χ1v) is 7.60. The number of ketones is 2. The van der Waals surface area contributed by atoms with Crippen LogP contribution in [0.5, 0.6) is 0 Å². The van der Waals surface area contributed by atoms with Gasteiger partial charge >= 0.3 is 6.18 Å². The molecule has 0 amide bonds. The molecule has 0 spiro atoms. The summed E-state index contributed by atoms with van der Waals surface area (Å²) in [6.07, 6.45) is -3.71. The average molecular weight is 345 g/mol. The summed E-state index contributed by atoms with van der Waals surface area (Å²) in [4.78, 5) is 29.0. The standard InChI is InChI=1S/C19H14F3NO2/c1-10-3-6-14-16(7-10)18(25)15(11(2)17(14)24)8-13-5-4-12(9-23-13)19(20,21)22/h3-7,9H,8H2,1-2H3. The largest absolute Gasteiger partial charge is 0.417 e. The first-order valence-electron chi connectivity index (χ1n) is 7.60. The monoisotopic (exact) mass is 345 g/mol. The Hall–Kier alpha value is -2.76. The third kappa shape index (κ3) is 3.12. The van der Waals surface area contributed by atoms with Crippen LogP contribution in [0.4, 0.5) is 13.2 Å². The highest BCUT2D eigenvalue weighted by atomic mass is 19.4. The van der Waals surface area contributed by atoms with Crippen LogP contribution in [0.2, 0.25) is 0 Å². The van der Waals surface area contributed by atoms with E-state index < -0.39 is 11.7 Å². The van der Waals surface area contributed by atoms with Gasteiger partial charge in [0.2, 0.25) is 0 Å². The van der Waals surface area contributed by atoms with Gasteiger partial charge in [-0.15, -0.1) is 0 Å². The lowest BCUT2D eigenvalue weighted by Gasteiger charge is -2.19. The van der Waals surface area contributed by atoms with Crippen molar-refractivity contribution in [2.75, 3.05) is 0 Å². The van der Waals surface area contributed by atoms with E-state index in [1.54, 1.807) is 25.1 Å². The molecule has 3 rings (SSSR count). The Morgan fingerprint density at radius 1 is 0.960 bits per heavy atom. The summed E-state index contributed by atoms with van der Waals surface area (Å²) in [7, 11) is 0. The van der Waals surface area contributed by atoms with E-state index in [0.717, 1.165) is 17.8 Å². The van der Waals surface area contributed by atoms with Gasteiger partial charge in [-0.05, 0) is 32.0 Å². The van der Waals surface area contributed by atoms with Crippen molar-refractivity contribution in [1.29, 1.82) is 0 Å². The number of halogens is 3. The van der Waals surface area contributed by atoms with Crippen molar-refractivity contribution >= 4 is 11.6 Å². The zero-order chi connectivity index (χ0) is 18.4.